The highest BCUT2D eigenvalue weighted by molar-refractivity contribution is 6.18. The second-order valence-electron chi connectivity index (χ2n) is 5.79. The van der Waals surface area contributed by atoms with Gasteiger partial charge in [-0.15, -0.1) is 11.6 Å². The SMILES string of the molecule is ClCC=CC12CCC(c3ccccc31)c1ccccc12. The van der Waals surface area contributed by atoms with E-state index in [0.29, 0.717) is 11.8 Å². The molecule has 3 aliphatic rings. The molecule has 0 aliphatic heterocycles. The Morgan fingerprint density at radius 1 is 1.00 bits per heavy atom. The molecule has 0 saturated heterocycles. The van der Waals surface area contributed by atoms with Gasteiger partial charge < -0.3 is 0 Å². The molecule has 0 radical (unpaired) electrons. The van der Waals surface area contributed by atoms with Crippen LogP contribution in [-0.4, -0.2) is 5.88 Å². The number of benzene rings is 2. The number of alkyl halides is 1. The van der Waals surface area contributed by atoms with Crippen LogP contribution in [0.25, 0.3) is 0 Å². The third-order valence-electron chi connectivity index (χ3n) is 4.95. The van der Waals surface area contributed by atoms with Gasteiger partial charge in [0.2, 0.25) is 0 Å². The second-order valence-corrected chi connectivity index (χ2v) is 6.10. The van der Waals surface area contributed by atoms with Crippen molar-refractivity contribution in [2.45, 2.75) is 24.2 Å². The van der Waals surface area contributed by atoms with Gasteiger partial charge in [0.1, 0.15) is 0 Å². The third-order valence-corrected chi connectivity index (χ3v) is 5.13. The Kier molecular flexibility index (Phi) is 2.75. The fraction of sp³-hybridized carbons (Fsp3) is 0.263. The number of hydrogen-bond acceptors (Lipinski definition) is 0. The van der Waals surface area contributed by atoms with E-state index in [1.807, 2.05) is 0 Å². The highest BCUT2D eigenvalue weighted by atomic mass is 35.5. The molecule has 3 aliphatic carbocycles. The lowest BCUT2D eigenvalue weighted by Crippen LogP contribution is -2.38. The third kappa shape index (κ3) is 1.49. The molecule has 0 saturated carbocycles. The smallest absolute Gasteiger partial charge is 0.0404 e. The average molecular weight is 281 g/mol. The van der Waals surface area contributed by atoms with E-state index in [1.165, 1.54) is 35.1 Å². The molecule has 0 aromatic heterocycles. The summed E-state index contributed by atoms with van der Waals surface area (Å²) >= 11 is 5.92. The van der Waals surface area contributed by atoms with Crippen molar-refractivity contribution >= 4 is 11.6 Å². The van der Waals surface area contributed by atoms with Crippen LogP contribution in [0.15, 0.2) is 60.7 Å². The van der Waals surface area contributed by atoms with Crippen molar-refractivity contribution in [3.8, 4) is 0 Å². The molecule has 0 atom stereocenters. The summed E-state index contributed by atoms with van der Waals surface area (Å²) in [6, 6.07) is 17.9. The predicted molar refractivity (Wildman–Crippen MR) is 84.6 cm³/mol. The average Bonchev–Trinajstić information content (AvgIpc) is 2.54. The minimum absolute atomic E-state index is 0.0385. The Morgan fingerprint density at radius 3 is 2.20 bits per heavy atom. The Labute approximate surface area is 125 Å². The van der Waals surface area contributed by atoms with Crippen molar-refractivity contribution < 1.29 is 0 Å². The van der Waals surface area contributed by atoms with E-state index >= 15 is 0 Å². The van der Waals surface area contributed by atoms with Gasteiger partial charge in [-0.1, -0.05) is 60.7 Å². The van der Waals surface area contributed by atoms with Crippen LogP contribution in [0.1, 0.15) is 41.0 Å². The molecule has 1 heteroatoms. The normalized spacial score (nSPS) is 26.6. The summed E-state index contributed by atoms with van der Waals surface area (Å²) in [6.45, 7) is 0. The molecule has 2 aromatic carbocycles. The number of rotatable bonds is 2. The van der Waals surface area contributed by atoms with Gasteiger partial charge in [-0.05, 0) is 35.1 Å². The van der Waals surface area contributed by atoms with Crippen LogP contribution in [-0.2, 0) is 5.41 Å². The zero-order chi connectivity index (χ0) is 13.6. The van der Waals surface area contributed by atoms with Crippen LogP contribution in [0, 0.1) is 0 Å². The van der Waals surface area contributed by atoms with Crippen molar-refractivity contribution in [1.82, 2.24) is 0 Å². The Bertz CT molecular complexity index is 636. The van der Waals surface area contributed by atoms with Crippen LogP contribution in [0.4, 0.5) is 0 Å². The molecule has 0 N–H and O–H groups in total. The summed E-state index contributed by atoms with van der Waals surface area (Å²) in [7, 11) is 0. The molecule has 5 rings (SSSR count). The fourth-order valence-corrected chi connectivity index (χ4v) is 4.28. The topological polar surface area (TPSA) is 0 Å². The number of hydrogen-bond donors (Lipinski definition) is 0. The zero-order valence-electron chi connectivity index (χ0n) is 11.4. The molecule has 20 heavy (non-hydrogen) atoms. The standard InChI is InChI=1S/C19H17Cl/c20-13-5-11-19-12-10-14(15-6-1-3-8-17(15)19)16-7-2-4-9-18(16)19/h1-9,11,14H,10,12-13H2. The van der Waals surface area contributed by atoms with E-state index in [0.717, 1.165) is 0 Å². The van der Waals surface area contributed by atoms with E-state index in [-0.39, 0.29) is 5.41 Å². The Balaban J connectivity index is 2.04. The maximum absolute atomic E-state index is 5.92. The highest BCUT2D eigenvalue weighted by Crippen LogP contribution is 2.56. The van der Waals surface area contributed by atoms with E-state index < -0.39 is 0 Å². The van der Waals surface area contributed by atoms with Crippen molar-refractivity contribution in [2.75, 3.05) is 5.88 Å². The van der Waals surface area contributed by atoms with Crippen LogP contribution < -0.4 is 0 Å². The minimum atomic E-state index is 0.0385. The van der Waals surface area contributed by atoms with Crippen LogP contribution in [0.5, 0.6) is 0 Å². The van der Waals surface area contributed by atoms with Gasteiger partial charge in [-0.2, -0.15) is 0 Å². The molecule has 100 valence electrons. The van der Waals surface area contributed by atoms with Crippen molar-refractivity contribution in [1.29, 1.82) is 0 Å². The number of fused-ring (bicyclic) bond motifs is 1. The first-order valence-electron chi connectivity index (χ1n) is 7.29. The van der Waals surface area contributed by atoms with E-state index in [1.54, 1.807) is 0 Å². The zero-order valence-corrected chi connectivity index (χ0v) is 12.1. The lowest BCUT2D eigenvalue weighted by molar-refractivity contribution is 0.439. The maximum Gasteiger partial charge on any atom is 0.0404 e. The maximum atomic E-state index is 5.92. The lowest BCUT2D eigenvalue weighted by Gasteiger charge is -2.48. The number of halogens is 1. The van der Waals surface area contributed by atoms with Gasteiger partial charge in [0.25, 0.3) is 0 Å². The number of allylic oxidation sites excluding steroid dienone is 2. The van der Waals surface area contributed by atoms with Gasteiger partial charge in [-0.3, -0.25) is 0 Å². The Morgan fingerprint density at radius 2 is 1.60 bits per heavy atom. The van der Waals surface area contributed by atoms with E-state index in [2.05, 4.69) is 60.7 Å². The fourth-order valence-electron chi connectivity index (χ4n) is 4.19. The summed E-state index contributed by atoms with van der Waals surface area (Å²) in [5.74, 6) is 1.16. The highest BCUT2D eigenvalue weighted by Gasteiger charge is 2.46. The minimum Gasteiger partial charge on any atom is -0.122 e. The first-order chi connectivity index (χ1) is 9.87. The predicted octanol–water partition coefficient (Wildman–Crippen LogP) is 5.01. The van der Waals surface area contributed by atoms with Crippen LogP contribution >= 0.6 is 11.6 Å². The van der Waals surface area contributed by atoms with E-state index in [9.17, 15) is 0 Å². The van der Waals surface area contributed by atoms with Gasteiger partial charge in [0.05, 0.1) is 0 Å². The summed E-state index contributed by atoms with van der Waals surface area (Å²) in [5.41, 5.74) is 6.03. The van der Waals surface area contributed by atoms with Crippen LogP contribution in [0.2, 0.25) is 0 Å². The molecule has 2 aromatic rings. The molecule has 0 heterocycles. The molecular weight excluding hydrogens is 264 g/mol. The van der Waals surface area contributed by atoms with Gasteiger partial charge in [0, 0.05) is 17.2 Å². The van der Waals surface area contributed by atoms with Crippen molar-refractivity contribution in [3.05, 3.63) is 82.9 Å². The van der Waals surface area contributed by atoms with Gasteiger partial charge >= 0.3 is 0 Å². The Hall–Kier alpha value is -1.53. The lowest BCUT2D eigenvalue weighted by atomic mass is 9.55. The molecule has 0 fully saturated rings. The molecule has 0 spiro atoms. The van der Waals surface area contributed by atoms with Crippen LogP contribution in [0.3, 0.4) is 0 Å². The first kappa shape index (κ1) is 12.2. The molecule has 2 bridgehead atoms. The molecule has 0 amide bonds. The quantitative estimate of drug-likeness (QED) is 0.536. The second kappa shape index (κ2) is 4.49. The van der Waals surface area contributed by atoms with Gasteiger partial charge in [0.15, 0.2) is 0 Å². The largest absolute Gasteiger partial charge is 0.122 e. The summed E-state index contributed by atoms with van der Waals surface area (Å²) in [5, 5.41) is 0. The molecule has 0 nitrogen and oxygen atoms in total. The molecule has 0 unspecified atom stereocenters. The first-order valence-corrected chi connectivity index (χ1v) is 7.83. The van der Waals surface area contributed by atoms with E-state index in [4.69, 9.17) is 11.6 Å². The van der Waals surface area contributed by atoms with Gasteiger partial charge in [-0.25, -0.2) is 0 Å². The van der Waals surface area contributed by atoms with Crippen molar-refractivity contribution in [2.24, 2.45) is 0 Å². The summed E-state index contributed by atoms with van der Waals surface area (Å²) in [6.07, 6.45) is 6.88. The summed E-state index contributed by atoms with van der Waals surface area (Å²) < 4.78 is 0. The molecular formula is C19H17Cl. The summed E-state index contributed by atoms with van der Waals surface area (Å²) in [4.78, 5) is 0. The monoisotopic (exact) mass is 280 g/mol. The van der Waals surface area contributed by atoms with Crippen molar-refractivity contribution in [3.63, 3.8) is 0 Å².